The van der Waals surface area contributed by atoms with Gasteiger partial charge in [-0.05, 0) is 75.7 Å². The first-order valence-electron chi connectivity index (χ1n) is 11.8. The summed E-state index contributed by atoms with van der Waals surface area (Å²) in [6.07, 6.45) is 0. The SMILES string of the molecule is Cc1nnnn1NCc1ccc(C(c2ccc(O)cc2)c2ccc(CNn3nnnc3C)cc2O)c(O)c1. The molecule has 3 aromatic carbocycles. The zero-order valence-electron chi connectivity index (χ0n) is 20.7. The molecular weight excluding hydrogens is 488 g/mol. The second-order valence-corrected chi connectivity index (χ2v) is 8.76. The summed E-state index contributed by atoms with van der Waals surface area (Å²) in [6.45, 7) is 4.32. The van der Waals surface area contributed by atoms with Crippen molar-refractivity contribution in [3.8, 4) is 17.2 Å². The van der Waals surface area contributed by atoms with Crippen LogP contribution in [-0.4, -0.2) is 56.0 Å². The number of hydrogen-bond acceptors (Lipinski definition) is 11. The van der Waals surface area contributed by atoms with Crippen LogP contribution >= 0.6 is 0 Å². The van der Waals surface area contributed by atoms with Gasteiger partial charge in [0.15, 0.2) is 11.6 Å². The molecule has 0 amide bonds. The fraction of sp³-hybridized carbons (Fsp3) is 0.200. The molecule has 0 bridgehead atoms. The molecule has 0 spiro atoms. The average Bonchev–Trinajstić information content (AvgIpc) is 3.51. The number of rotatable bonds is 9. The van der Waals surface area contributed by atoms with Crippen LogP contribution in [0, 0.1) is 13.8 Å². The standard InChI is InChI=1S/C25H26N10O3/c1-15-28-30-32-34(15)26-13-17-3-9-21(23(37)11-17)25(19-5-7-20(36)8-6-19)22-10-4-18(12-24(22)38)14-27-35-16(2)29-31-33-35/h3-12,25-27,36-38H,13-14H2,1-2H3. The Labute approximate surface area is 217 Å². The molecule has 0 aliphatic carbocycles. The van der Waals surface area contributed by atoms with Crippen molar-refractivity contribution < 1.29 is 15.3 Å². The molecule has 5 rings (SSSR count). The van der Waals surface area contributed by atoms with Crippen LogP contribution < -0.4 is 10.9 Å². The molecule has 2 heterocycles. The van der Waals surface area contributed by atoms with E-state index < -0.39 is 5.92 Å². The maximum atomic E-state index is 11.1. The summed E-state index contributed by atoms with van der Waals surface area (Å²) >= 11 is 0. The van der Waals surface area contributed by atoms with Crippen molar-refractivity contribution in [3.05, 3.63) is 100 Å². The fourth-order valence-corrected chi connectivity index (χ4v) is 4.17. The Kier molecular flexibility index (Phi) is 6.72. The van der Waals surface area contributed by atoms with E-state index in [0.29, 0.717) is 35.9 Å². The Morgan fingerprint density at radius 3 is 1.55 bits per heavy atom. The molecule has 0 fully saturated rings. The number of aryl methyl sites for hydroxylation is 2. The monoisotopic (exact) mass is 514 g/mol. The molecule has 0 aliphatic rings. The molecule has 0 saturated heterocycles. The molecule has 0 saturated carbocycles. The summed E-state index contributed by atoms with van der Waals surface area (Å²) in [4.78, 5) is 2.92. The van der Waals surface area contributed by atoms with E-state index in [1.165, 1.54) is 9.58 Å². The highest BCUT2D eigenvalue weighted by molar-refractivity contribution is 5.54. The van der Waals surface area contributed by atoms with Crippen molar-refractivity contribution in [2.75, 3.05) is 10.9 Å². The first-order valence-corrected chi connectivity index (χ1v) is 11.8. The maximum absolute atomic E-state index is 11.1. The molecule has 2 aromatic heterocycles. The van der Waals surface area contributed by atoms with Crippen LogP contribution in [0.15, 0.2) is 60.7 Å². The van der Waals surface area contributed by atoms with E-state index >= 15 is 0 Å². The molecule has 0 aliphatic heterocycles. The van der Waals surface area contributed by atoms with Crippen LogP contribution in [0.5, 0.6) is 17.2 Å². The van der Waals surface area contributed by atoms with E-state index in [0.717, 1.165) is 16.7 Å². The molecule has 0 radical (unpaired) electrons. The molecule has 5 N–H and O–H groups in total. The molecule has 38 heavy (non-hydrogen) atoms. The maximum Gasteiger partial charge on any atom is 0.171 e. The Balaban J connectivity index is 1.44. The van der Waals surface area contributed by atoms with Crippen molar-refractivity contribution in [3.63, 3.8) is 0 Å². The lowest BCUT2D eigenvalue weighted by molar-refractivity contribution is 0.457. The summed E-state index contributed by atoms with van der Waals surface area (Å²) in [6, 6.07) is 17.5. The number of phenolic OH excluding ortho intramolecular Hbond substituents is 3. The topological polar surface area (TPSA) is 172 Å². The molecule has 0 unspecified atom stereocenters. The summed E-state index contributed by atoms with van der Waals surface area (Å²) in [5.74, 6) is 0.980. The minimum absolute atomic E-state index is 0.0649. The number of nitrogens with zero attached hydrogens (tertiary/aromatic N) is 8. The number of benzene rings is 3. The first kappa shape index (κ1) is 24.5. The molecule has 194 valence electrons. The van der Waals surface area contributed by atoms with Gasteiger partial charge < -0.3 is 26.2 Å². The highest BCUT2D eigenvalue weighted by Gasteiger charge is 2.23. The van der Waals surface area contributed by atoms with Crippen molar-refractivity contribution in [2.45, 2.75) is 32.9 Å². The third-order valence-electron chi connectivity index (χ3n) is 6.15. The van der Waals surface area contributed by atoms with Gasteiger partial charge in [-0.25, -0.2) is 0 Å². The molecule has 13 nitrogen and oxygen atoms in total. The van der Waals surface area contributed by atoms with E-state index in [1.807, 2.05) is 24.3 Å². The number of nitrogens with one attached hydrogen (secondary N) is 2. The average molecular weight is 515 g/mol. The Morgan fingerprint density at radius 1 is 0.684 bits per heavy atom. The summed E-state index contributed by atoms with van der Waals surface area (Å²) in [7, 11) is 0. The number of aromatic hydroxyl groups is 3. The predicted octanol–water partition coefficient (Wildman–Crippen LogP) is 2.06. The third-order valence-corrected chi connectivity index (χ3v) is 6.15. The van der Waals surface area contributed by atoms with Gasteiger partial charge in [0.1, 0.15) is 17.2 Å². The van der Waals surface area contributed by atoms with Gasteiger partial charge in [0.2, 0.25) is 0 Å². The molecule has 0 atom stereocenters. The van der Waals surface area contributed by atoms with Crippen molar-refractivity contribution in [1.82, 2.24) is 40.6 Å². The Bertz CT molecular complexity index is 1450. The lowest BCUT2D eigenvalue weighted by atomic mass is 9.83. The van der Waals surface area contributed by atoms with Gasteiger partial charge in [-0.3, -0.25) is 0 Å². The van der Waals surface area contributed by atoms with Crippen LogP contribution in [0.3, 0.4) is 0 Å². The van der Waals surface area contributed by atoms with Gasteiger partial charge in [0.05, 0.1) is 13.1 Å². The summed E-state index contributed by atoms with van der Waals surface area (Å²) in [5.41, 5.74) is 9.77. The Hall–Kier alpha value is -5.20. The number of hydrogen-bond donors (Lipinski definition) is 5. The van der Waals surface area contributed by atoms with Crippen molar-refractivity contribution in [1.29, 1.82) is 0 Å². The highest BCUT2D eigenvalue weighted by atomic mass is 16.3. The van der Waals surface area contributed by atoms with Crippen molar-refractivity contribution >= 4 is 0 Å². The summed E-state index contributed by atoms with van der Waals surface area (Å²) < 4.78 is 0. The quantitative estimate of drug-likeness (QED) is 0.182. The van der Waals surface area contributed by atoms with Crippen LogP contribution in [0.2, 0.25) is 0 Å². The zero-order chi connectivity index (χ0) is 26.6. The molecule has 5 aromatic rings. The fourth-order valence-electron chi connectivity index (χ4n) is 4.17. The van der Waals surface area contributed by atoms with E-state index in [-0.39, 0.29) is 17.2 Å². The second kappa shape index (κ2) is 10.4. The highest BCUT2D eigenvalue weighted by Crippen LogP contribution is 2.41. The van der Waals surface area contributed by atoms with Gasteiger partial charge in [-0.2, -0.15) is 0 Å². The van der Waals surface area contributed by atoms with E-state index in [4.69, 9.17) is 0 Å². The van der Waals surface area contributed by atoms with Gasteiger partial charge in [-0.15, -0.1) is 19.8 Å². The van der Waals surface area contributed by atoms with Crippen molar-refractivity contribution in [2.24, 2.45) is 0 Å². The smallest absolute Gasteiger partial charge is 0.171 e. The summed E-state index contributed by atoms with van der Waals surface area (Å²) in [5, 5.41) is 54.6. The van der Waals surface area contributed by atoms with Crippen LogP contribution in [0.4, 0.5) is 0 Å². The van der Waals surface area contributed by atoms with Gasteiger partial charge in [-0.1, -0.05) is 36.4 Å². The first-order chi connectivity index (χ1) is 18.4. The number of aromatic nitrogens is 8. The third kappa shape index (κ3) is 5.16. The zero-order valence-corrected chi connectivity index (χ0v) is 20.7. The number of tetrazole rings is 2. The molecule has 13 heteroatoms. The largest absolute Gasteiger partial charge is 0.508 e. The van der Waals surface area contributed by atoms with Gasteiger partial charge >= 0.3 is 0 Å². The number of phenols is 3. The van der Waals surface area contributed by atoms with E-state index in [1.54, 1.807) is 50.2 Å². The van der Waals surface area contributed by atoms with Gasteiger partial charge in [0.25, 0.3) is 0 Å². The van der Waals surface area contributed by atoms with E-state index in [9.17, 15) is 15.3 Å². The van der Waals surface area contributed by atoms with Crippen LogP contribution in [0.25, 0.3) is 0 Å². The molecular formula is C25H26N10O3. The lowest BCUT2D eigenvalue weighted by Gasteiger charge is -2.22. The lowest BCUT2D eigenvalue weighted by Crippen LogP contribution is -2.17. The minimum Gasteiger partial charge on any atom is -0.508 e. The minimum atomic E-state index is -0.497. The Morgan fingerprint density at radius 2 is 1.16 bits per heavy atom. The second-order valence-electron chi connectivity index (χ2n) is 8.76. The van der Waals surface area contributed by atoms with Gasteiger partial charge in [0, 0.05) is 17.0 Å². The van der Waals surface area contributed by atoms with Crippen LogP contribution in [-0.2, 0) is 13.1 Å². The predicted molar refractivity (Wildman–Crippen MR) is 137 cm³/mol. The normalized spacial score (nSPS) is 11.1. The van der Waals surface area contributed by atoms with E-state index in [2.05, 4.69) is 41.9 Å². The van der Waals surface area contributed by atoms with Crippen LogP contribution in [0.1, 0.15) is 45.4 Å².